The third-order valence-electron chi connectivity index (χ3n) is 5.67. The minimum atomic E-state index is -0.299. The lowest BCUT2D eigenvalue weighted by Crippen LogP contribution is -2.41. The van der Waals surface area contributed by atoms with Gasteiger partial charge in [-0.1, -0.05) is 23.2 Å². The quantitative estimate of drug-likeness (QED) is 0.451. The van der Waals surface area contributed by atoms with Gasteiger partial charge in [-0.15, -0.1) is 0 Å². The summed E-state index contributed by atoms with van der Waals surface area (Å²) in [6.07, 6.45) is 4.82. The smallest absolute Gasteiger partial charge is 0.292 e. The molecular weight excluding hydrogens is 453 g/mol. The van der Waals surface area contributed by atoms with Crippen LogP contribution in [0.4, 0.5) is 0 Å². The Balaban J connectivity index is 1.63. The van der Waals surface area contributed by atoms with Crippen LogP contribution in [0.25, 0.3) is 22.2 Å². The van der Waals surface area contributed by atoms with Gasteiger partial charge in [-0.3, -0.25) is 14.2 Å². The number of aryl methyl sites for hydroxylation is 1. The van der Waals surface area contributed by atoms with Crippen LogP contribution in [-0.2, 0) is 13.6 Å². The van der Waals surface area contributed by atoms with E-state index in [1.807, 2.05) is 30.9 Å². The Kier molecular flexibility index (Phi) is 5.02. The van der Waals surface area contributed by atoms with Crippen molar-refractivity contribution in [3.63, 3.8) is 0 Å². The number of ether oxygens (including phenoxy) is 1. The van der Waals surface area contributed by atoms with E-state index in [-0.39, 0.29) is 17.8 Å². The van der Waals surface area contributed by atoms with Crippen molar-refractivity contribution in [3.8, 4) is 17.0 Å². The van der Waals surface area contributed by atoms with Crippen molar-refractivity contribution in [1.82, 2.24) is 34.4 Å². The van der Waals surface area contributed by atoms with Gasteiger partial charge in [0.2, 0.25) is 5.82 Å². The number of hydrogen-bond donors (Lipinski definition) is 0. The van der Waals surface area contributed by atoms with Crippen molar-refractivity contribution >= 4 is 40.0 Å². The molecule has 0 N–H and O–H groups in total. The summed E-state index contributed by atoms with van der Waals surface area (Å²) < 4.78 is 8.70. The zero-order valence-electron chi connectivity index (χ0n) is 17.6. The largest absolute Gasteiger partial charge is 0.494 e. The number of hydrogen-bond acceptors (Lipinski definition) is 6. The third kappa shape index (κ3) is 3.20. The number of aromatic nitrogens is 6. The first-order valence-corrected chi connectivity index (χ1v) is 10.7. The molecule has 4 aromatic rings. The van der Waals surface area contributed by atoms with Crippen LogP contribution in [0.15, 0.2) is 30.7 Å². The zero-order valence-corrected chi connectivity index (χ0v) is 19.1. The van der Waals surface area contributed by atoms with E-state index in [9.17, 15) is 4.79 Å². The second kappa shape index (κ2) is 7.75. The first-order valence-electron chi connectivity index (χ1n) is 9.94. The van der Waals surface area contributed by atoms with E-state index in [1.165, 1.54) is 19.5 Å². The van der Waals surface area contributed by atoms with E-state index < -0.39 is 0 Å². The Hall–Kier alpha value is -3.17. The molecule has 9 nitrogen and oxygen atoms in total. The minimum absolute atomic E-state index is 0.112. The third-order valence-corrected chi connectivity index (χ3v) is 6.45. The van der Waals surface area contributed by atoms with E-state index in [0.29, 0.717) is 34.4 Å². The second-order valence-corrected chi connectivity index (χ2v) is 8.33. The normalized spacial score (nSPS) is 15.8. The molecule has 32 heavy (non-hydrogen) atoms. The van der Waals surface area contributed by atoms with Crippen LogP contribution in [0, 0.1) is 0 Å². The van der Waals surface area contributed by atoms with Gasteiger partial charge in [0, 0.05) is 30.7 Å². The highest BCUT2D eigenvalue weighted by molar-refractivity contribution is 6.45. The Morgan fingerprint density at radius 3 is 2.59 bits per heavy atom. The van der Waals surface area contributed by atoms with Gasteiger partial charge in [0.05, 0.1) is 53.5 Å². The first-order chi connectivity index (χ1) is 15.4. The van der Waals surface area contributed by atoms with Crippen molar-refractivity contribution in [1.29, 1.82) is 0 Å². The highest BCUT2D eigenvalue weighted by atomic mass is 35.5. The molecule has 0 aliphatic carbocycles. The van der Waals surface area contributed by atoms with Gasteiger partial charge in [-0.2, -0.15) is 10.2 Å². The van der Waals surface area contributed by atoms with Crippen molar-refractivity contribution in [3.05, 3.63) is 52.3 Å². The molecule has 1 aliphatic heterocycles. The van der Waals surface area contributed by atoms with E-state index in [4.69, 9.17) is 33.0 Å². The van der Waals surface area contributed by atoms with Gasteiger partial charge in [0.15, 0.2) is 5.75 Å². The van der Waals surface area contributed by atoms with Gasteiger partial charge < -0.3 is 9.64 Å². The van der Waals surface area contributed by atoms with Gasteiger partial charge in [-0.05, 0) is 19.1 Å². The monoisotopic (exact) mass is 471 g/mol. The Bertz CT molecular complexity index is 1350. The molecular formula is C21H19Cl2N7O2. The Morgan fingerprint density at radius 2 is 1.94 bits per heavy atom. The molecule has 1 atom stereocenters. The van der Waals surface area contributed by atoms with Crippen LogP contribution in [0.3, 0.4) is 0 Å². The predicted molar refractivity (Wildman–Crippen MR) is 120 cm³/mol. The molecule has 0 unspecified atom stereocenters. The molecule has 1 aliphatic rings. The maximum Gasteiger partial charge on any atom is 0.292 e. The number of carbonyl (C=O) groups excluding carboxylic acids is 1. The van der Waals surface area contributed by atoms with Crippen molar-refractivity contribution in [2.75, 3.05) is 13.7 Å². The first kappa shape index (κ1) is 20.7. The average Bonchev–Trinajstić information content (AvgIpc) is 3.40. The molecule has 0 bridgehead atoms. The molecule has 0 radical (unpaired) electrons. The van der Waals surface area contributed by atoms with Crippen LogP contribution >= 0.6 is 23.2 Å². The molecule has 164 valence electrons. The fourth-order valence-corrected chi connectivity index (χ4v) is 4.49. The Labute approximate surface area is 193 Å². The number of methoxy groups -OCH3 is 1. The molecule has 4 heterocycles. The van der Waals surface area contributed by atoms with Crippen molar-refractivity contribution in [2.24, 2.45) is 7.05 Å². The lowest BCUT2D eigenvalue weighted by atomic mass is 10.00. The summed E-state index contributed by atoms with van der Waals surface area (Å²) in [4.78, 5) is 23.3. The summed E-state index contributed by atoms with van der Waals surface area (Å²) in [5, 5.41) is 10.9. The van der Waals surface area contributed by atoms with Crippen molar-refractivity contribution in [2.45, 2.75) is 19.5 Å². The maximum absolute atomic E-state index is 13.2. The van der Waals surface area contributed by atoms with E-state index in [1.54, 1.807) is 15.6 Å². The predicted octanol–water partition coefficient (Wildman–Crippen LogP) is 3.76. The number of rotatable bonds is 3. The lowest BCUT2D eigenvalue weighted by molar-refractivity contribution is 0.0626. The van der Waals surface area contributed by atoms with Crippen molar-refractivity contribution < 1.29 is 9.53 Å². The molecule has 3 aromatic heterocycles. The van der Waals surface area contributed by atoms with Gasteiger partial charge in [-0.25, -0.2) is 9.97 Å². The molecule has 1 aromatic carbocycles. The molecule has 0 saturated carbocycles. The number of benzene rings is 1. The summed E-state index contributed by atoms with van der Waals surface area (Å²) >= 11 is 13.0. The summed E-state index contributed by atoms with van der Waals surface area (Å²) in [5.41, 5.74) is 3.03. The standard InChI is InChI=1S/C21H19Cl2N7O2/c1-11-19-16-13(15-4-5-28(2)26-15)8-14(22)17(23)18(16)27-30(19)7-6-29(11)21(31)20-24-9-12(32-3)10-25-20/h4-5,8-11H,6-7H2,1-3H3/t11-/m0/s1. The van der Waals surface area contributed by atoms with Crippen LogP contribution < -0.4 is 4.74 Å². The summed E-state index contributed by atoms with van der Waals surface area (Å²) in [6, 6.07) is 3.41. The number of carbonyl (C=O) groups is 1. The topological polar surface area (TPSA) is 91.0 Å². The summed E-state index contributed by atoms with van der Waals surface area (Å²) in [6.45, 7) is 2.92. The van der Waals surface area contributed by atoms with Crippen LogP contribution in [0.2, 0.25) is 10.0 Å². The number of amides is 1. The molecule has 11 heteroatoms. The fraction of sp³-hybridized carbons (Fsp3) is 0.286. The highest BCUT2D eigenvalue weighted by Crippen LogP contribution is 2.42. The second-order valence-electron chi connectivity index (χ2n) is 7.55. The molecule has 0 spiro atoms. The Morgan fingerprint density at radius 1 is 1.19 bits per heavy atom. The number of nitrogens with zero attached hydrogens (tertiary/aromatic N) is 7. The minimum Gasteiger partial charge on any atom is -0.494 e. The molecule has 0 fully saturated rings. The van der Waals surface area contributed by atoms with E-state index >= 15 is 0 Å². The fourth-order valence-electron chi connectivity index (χ4n) is 4.11. The number of fused-ring (bicyclic) bond motifs is 3. The molecule has 0 saturated heterocycles. The zero-order chi connectivity index (χ0) is 22.6. The maximum atomic E-state index is 13.2. The summed E-state index contributed by atoms with van der Waals surface area (Å²) in [5.74, 6) is 0.338. The lowest BCUT2D eigenvalue weighted by Gasteiger charge is -2.34. The SMILES string of the molecule is COc1cnc(C(=O)N2CCn3nc4c(Cl)c(Cl)cc(-c5ccn(C)n5)c4c3[C@@H]2C)nc1. The van der Waals surface area contributed by atoms with E-state index in [2.05, 4.69) is 15.1 Å². The van der Waals surface area contributed by atoms with Crippen LogP contribution in [-0.4, -0.2) is 54.0 Å². The van der Waals surface area contributed by atoms with E-state index in [0.717, 1.165) is 22.3 Å². The molecule has 1 amide bonds. The van der Waals surface area contributed by atoms with Gasteiger partial charge in [0.25, 0.3) is 5.91 Å². The number of halogens is 2. The summed E-state index contributed by atoms with van der Waals surface area (Å²) in [7, 11) is 3.37. The molecule has 5 rings (SSSR count). The van der Waals surface area contributed by atoms with Crippen LogP contribution in [0.5, 0.6) is 5.75 Å². The van der Waals surface area contributed by atoms with Crippen LogP contribution in [0.1, 0.15) is 29.3 Å². The van der Waals surface area contributed by atoms with Gasteiger partial charge in [0.1, 0.15) is 5.52 Å². The highest BCUT2D eigenvalue weighted by Gasteiger charge is 2.34. The average molecular weight is 472 g/mol. The van der Waals surface area contributed by atoms with Gasteiger partial charge >= 0.3 is 0 Å².